The van der Waals surface area contributed by atoms with Crippen LogP contribution in [0.3, 0.4) is 0 Å². The van der Waals surface area contributed by atoms with E-state index in [0.717, 1.165) is 0 Å². The van der Waals surface area contributed by atoms with Gasteiger partial charge < -0.3 is 9.47 Å². The molecule has 1 heterocycles. The molecule has 0 aliphatic carbocycles. The van der Waals surface area contributed by atoms with E-state index >= 15 is 0 Å². The van der Waals surface area contributed by atoms with Crippen LogP contribution in [0.15, 0.2) is 27.6 Å². The summed E-state index contributed by atoms with van der Waals surface area (Å²) in [5, 5.41) is 0. The van der Waals surface area contributed by atoms with Gasteiger partial charge in [-0.15, -0.1) is 0 Å². The summed E-state index contributed by atoms with van der Waals surface area (Å²) in [6, 6.07) is 4.90. The Bertz CT molecular complexity index is 542. The topological polar surface area (TPSA) is 59.1 Å². The molecule has 18 heavy (non-hydrogen) atoms. The first kappa shape index (κ1) is 13.8. The highest BCUT2D eigenvalue weighted by Gasteiger charge is 2.31. The number of hydrogen-bond donors (Lipinski definition) is 0. The fraction of sp³-hybridized carbons (Fsp3) is 0.455. The third-order valence-corrected chi connectivity index (χ3v) is 5.01. The van der Waals surface area contributed by atoms with Crippen LogP contribution in [0, 0.1) is 0 Å². The molecule has 0 unspecified atom stereocenters. The number of methoxy groups -OCH3 is 1. The average molecular weight is 336 g/mol. The first-order valence-corrected chi connectivity index (χ1v) is 7.60. The third-order valence-electron chi connectivity index (χ3n) is 2.68. The molecule has 1 aromatic carbocycles. The maximum Gasteiger partial charge on any atom is 0.246 e. The lowest BCUT2D eigenvalue weighted by atomic mass is 10.3. The number of epoxide rings is 1. The van der Waals surface area contributed by atoms with E-state index in [9.17, 15) is 8.42 Å². The van der Waals surface area contributed by atoms with Gasteiger partial charge in [0.1, 0.15) is 10.6 Å². The van der Waals surface area contributed by atoms with Crippen LogP contribution >= 0.6 is 15.9 Å². The van der Waals surface area contributed by atoms with Gasteiger partial charge >= 0.3 is 0 Å². The van der Waals surface area contributed by atoms with Crippen LogP contribution in [0.4, 0.5) is 0 Å². The minimum atomic E-state index is -3.56. The summed E-state index contributed by atoms with van der Waals surface area (Å²) in [6.07, 6.45) is 0.0166. The molecule has 0 bridgehead atoms. The van der Waals surface area contributed by atoms with E-state index in [4.69, 9.17) is 9.47 Å². The Balaban J connectivity index is 2.35. The van der Waals surface area contributed by atoms with E-state index in [-0.39, 0.29) is 11.0 Å². The van der Waals surface area contributed by atoms with Crippen molar-refractivity contribution in [2.45, 2.75) is 11.0 Å². The number of likely N-dealkylation sites (N-methyl/N-ethyl adjacent to an activating group) is 1. The number of benzene rings is 1. The number of halogens is 1. The molecule has 0 saturated carbocycles. The van der Waals surface area contributed by atoms with Crippen molar-refractivity contribution in [2.24, 2.45) is 0 Å². The predicted octanol–water partition coefficient (Wildman–Crippen LogP) is 1.48. The molecule has 2 rings (SSSR count). The molecule has 0 spiro atoms. The Morgan fingerprint density at radius 3 is 2.78 bits per heavy atom. The van der Waals surface area contributed by atoms with Gasteiger partial charge in [0.2, 0.25) is 10.0 Å². The molecule has 1 aliphatic rings. The molecule has 1 aromatic rings. The maximum atomic E-state index is 12.4. The van der Waals surface area contributed by atoms with E-state index in [0.29, 0.717) is 23.4 Å². The summed E-state index contributed by atoms with van der Waals surface area (Å²) < 4.78 is 36.9. The summed E-state index contributed by atoms with van der Waals surface area (Å²) in [7, 11) is -0.571. The predicted molar refractivity (Wildman–Crippen MR) is 70.2 cm³/mol. The van der Waals surface area contributed by atoms with Gasteiger partial charge in [-0.2, -0.15) is 4.31 Å². The van der Waals surface area contributed by atoms with Gasteiger partial charge in [-0.05, 0) is 18.2 Å². The van der Waals surface area contributed by atoms with E-state index < -0.39 is 10.0 Å². The van der Waals surface area contributed by atoms with Crippen LogP contribution in [0.1, 0.15) is 0 Å². The highest BCUT2D eigenvalue weighted by atomic mass is 79.9. The minimum absolute atomic E-state index is 0.0166. The van der Waals surface area contributed by atoms with Gasteiger partial charge in [0.25, 0.3) is 0 Å². The zero-order chi connectivity index (χ0) is 13.3. The molecule has 0 aromatic heterocycles. The summed E-state index contributed by atoms with van der Waals surface area (Å²) >= 11 is 3.27. The SMILES string of the molecule is COc1ccc(Br)cc1S(=O)(=O)N(C)C[C@H]1CO1. The molecule has 1 fully saturated rings. The summed E-state index contributed by atoms with van der Waals surface area (Å²) in [5.41, 5.74) is 0. The number of hydrogen-bond acceptors (Lipinski definition) is 4. The van der Waals surface area contributed by atoms with Crippen molar-refractivity contribution in [1.82, 2.24) is 4.31 Å². The highest BCUT2D eigenvalue weighted by molar-refractivity contribution is 9.10. The molecule has 100 valence electrons. The lowest BCUT2D eigenvalue weighted by Gasteiger charge is -2.18. The Morgan fingerprint density at radius 1 is 1.56 bits per heavy atom. The summed E-state index contributed by atoms with van der Waals surface area (Å²) in [5.74, 6) is 0.335. The number of nitrogens with zero attached hydrogens (tertiary/aromatic N) is 1. The maximum absolute atomic E-state index is 12.4. The molecule has 0 N–H and O–H groups in total. The van der Waals surface area contributed by atoms with Gasteiger partial charge in [-0.3, -0.25) is 0 Å². The van der Waals surface area contributed by atoms with Crippen molar-refractivity contribution >= 4 is 26.0 Å². The van der Waals surface area contributed by atoms with E-state index in [1.54, 1.807) is 18.2 Å². The zero-order valence-corrected chi connectivity index (χ0v) is 12.5. The third kappa shape index (κ3) is 2.85. The van der Waals surface area contributed by atoms with Crippen molar-refractivity contribution in [3.05, 3.63) is 22.7 Å². The standard InChI is InChI=1S/C11H14BrNO4S/c1-13(6-9-7-17-9)18(14,15)11-5-8(12)3-4-10(11)16-2/h3-5,9H,6-7H2,1-2H3/t9-/m0/s1. The fourth-order valence-electron chi connectivity index (χ4n) is 1.58. The van der Waals surface area contributed by atoms with E-state index in [1.165, 1.54) is 18.5 Å². The van der Waals surface area contributed by atoms with Gasteiger partial charge in [0.05, 0.1) is 19.8 Å². The number of rotatable bonds is 5. The van der Waals surface area contributed by atoms with Crippen molar-refractivity contribution in [1.29, 1.82) is 0 Å². The molecule has 1 atom stereocenters. The summed E-state index contributed by atoms with van der Waals surface area (Å²) in [6.45, 7) is 0.980. The Hall–Kier alpha value is -0.630. The smallest absolute Gasteiger partial charge is 0.246 e. The van der Waals surface area contributed by atoms with Crippen LogP contribution in [0.25, 0.3) is 0 Å². The molecular weight excluding hydrogens is 322 g/mol. The first-order chi connectivity index (χ1) is 8.45. The summed E-state index contributed by atoms with van der Waals surface area (Å²) in [4.78, 5) is 0.155. The lowest BCUT2D eigenvalue weighted by molar-refractivity contribution is 0.357. The minimum Gasteiger partial charge on any atom is -0.495 e. The fourth-order valence-corrected chi connectivity index (χ4v) is 3.47. The van der Waals surface area contributed by atoms with Gasteiger partial charge in [0.15, 0.2) is 0 Å². The van der Waals surface area contributed by atoms with Crippen LogP contribution in [0.2, 0.25) is 0 Å². The van der Waals surface area contributed by atoms with Gasteiger partial charge in [0, 0.05) is 18.1 Å². The molecule has 5 nitrogen and oxygen atoms in total. The second-order valence-corrected chi connectivity index (χ2v) is 6.97. The van der Waals surface area contributed by atoms with Crippen molar-refractivity contribution < 1.29 is 17.9 Å². The van der Waals surface area contributed by atoms with Crippen LogP contribution in [-0.4, -0.2) is 46.1 Å². The van der Waals surface area contributed by atoms with Crippen molar-refractivity contribution in [2.75, 3.05) is 27.3 Å². The Morgan fingerprint density at radius 2 is 2.22 bits per heavy atom. The lowest BCUT2D eigenvalue weighted by Crippen LogP contribution is -2.30. The van der Waals surface area contributed by atoms with Gasteiger partial charge in [-0.1, -0.05) is 15.9 Å². The van der Waals surface area contributed by atoms with E-state index in [1.807, 2.05) is 0 Å². The second kappa shape index (κ2) is 5.16. The monoisotopic (exact) mass is 335 g/mol. The molecule has 1 saturated heterocycles. The number of sulfonamides is 1. The number of ether oxygens (including phenoxy) is 2. The second-order valence-electron chi connectivity index (χ2n) is 4.04. The zero-order valence-electron chi connectivity index (χ0n) is 10.1. The van der Waals surface area contributed by atoms with Crippen LogP contribution in [-0.2, 0) is 14.8 Å². The first-order valence-electron chi connectivity index (χ1n) is 5.36. The quantitative estimate of drug-likeness (QED) is 0.764. The highest BCUT2D eigenvalue weighted by Crippen LogP contribution is 2.29. The normalized spacial score (nSPS) is 19.0. The molecule has 1 aliphatic heterocycles. The van der Waals surface area contributed by atoms with Crippen LogP contribution < -0.4 is 4.74 Å². The van der Waals surface area contributed by atoms with E-state index in [2.05, 4.69) is 15.9 Å². The van der Waals surface area contributed by atoms with Gasteiger partial charge in [-0.25, -0.2) is 8.42 Å². The van der Waals surface area contributed by atoms with Crippen molar-refractivity contribution in [3.8, 4) is 5.75 Å². The largest absolute Gasteiger partial charge is 0.495 e. The Kier molecular flexibility index (Phi) is 3.96. The molecule has 0 amide bonds. The van der Waals surface area contributed by atoms with Crippen molar-refractivity contribution in [3.63, 3.8) is 0 Å². The molecule has 7 heteroatoms. The Labute approximate surface area is 115 Å². The molecule has 0 radical (unpaired) electrons. The average Bonchev–Trinajstić information content (AvgIpc) is 3.12. The molecular formula is C11H14BrNO4S. The van der Waals surface area contributed by atoms with Crippen LogP contribution in [0.5, 0.6) is 5.75 Å².